The van der Waals surface area contributed by atoms with Crippen molar-refractivity contribution in [3.05, 3.63) is 23.4 Å². The van der Waals surface area contributed by atoms with Crippen LogP contribution < -0.4 is 15.8 Å². The average molecular weight is 281 g/mol. The Labute approximate surface area is 119 Å². The van der Waals surface area contributed by atoms with Crippen molar-refractivity contribution < 1.29 is 14.3 Å². The number of amides is 1. The second-order valence-electron chi connectivity index (χ2n) is 5.57. The lowest BCUT2D eigenvalue weighted by molar-refractivity contribution is 0.0524. The van der Waals surface area contributed by atoms with Crippen molar-refractivity contribution in [1.82, 2.24) is 10.3 Å². The lowest BCUT2D eigenvalue weighted by Crippen LogP contribution is -2.36. The summed E-state index contributed by atoms with van der Waals surface area (Å²) in [5.41, 5.74) is 7.19. The van der Waals surface area contributed by atoms with Crippen LogP contribution in [0.2, 0.25) is 0 Å². The molecule has 0 spiro atoms. The maximum absolute atomic E-state index is 11.6. The van der Waals surface area contributed by atoms with Crippen molar-refractivity contribution in [1.29, 1.82) is 0 Å². The summed E-state index contributed by atoms with van der Waals surface area (Å²) in [6, 6.07) is 3.27. The van der Waals surface area contributed by atoms with E-state index in [0.717, 1.165) is 11.3 Å². The Balaban J connectivity index is 2.61. The van der Waals surface area contributed by atoms with Gasteiger partial charge < -0.3 is 20.5 Å². The molecule has 20 heavy (non-hydrogen) atoms. The van der Waals surface area contributed by atoms with Crippen LogP contribution in [0.25, 0.3) is 0 Å². The Morgan fingerprint density at radius 1 is 1.45 bits per heavy atom. The first-order valence-electron chi connectivity index (χ1n) is 6.46. The summed E-state index contributed by atoms with van der Waals surface area (Å²) in [6.45, 7) is 7.57. The molecule has 1 aromatic rings. The average Bonchev–Trinajstić information content (AvgIpc) is 2.33. The highest BCUT2D eigenvalue weighted by molar-refractivity contribution is 5.67. The fraction of sp³-hybridized carbons (Fsp3) is 0.571. The lowest BCUT2D eigenvalue weighted by atomic mass is 10.1. The number of aromatic nitrogens is 1. The van der Waals surface area contributed by atoms with Gasteiger partial charge in [0.1, 0.15) is 5.60 Å². The van der Waals surface area contributed by atoms with Gasteiger partial charge in [-0.25, -0.2) is 9.78 Å². The van der Waals surface area contributed by atoms with Crippen LogP contribution in [0.5, 0.6) is 5.88 Å². The van der Waals surface area contributed by atoms with Gasteiger partial charge in [0, 0.05) is 24.3 Å². The monoisotopic (exact) mass is 281 g/mol. The zero-order chi connectivity index (χ0) is 15.3. The molecule has 1 aromatic heterocycles. The first-order valence-corrected chi connectivity index (χ1v) is 6.46. The number of nitrogens with zero attached hydrogens (tertiary/aromatic N) is 1. The predicted molar refractivity (Wildman–Crippen MR) is 76.7 cm³/mol. The van der Waals surface area contributed by atoms with Crippen LogP contribution in [-0.4, -0.2) is 30.3 Å². The maximum Gasteiger partial charge on any atom is 0.407 e. The molecule has 1 rings (SSSR count). The number of hydrogen-bond donors (Lipinski definition) is 2. The number of pyridine rings is 1. The minimum atomic E-state index is -0.523. The molecule has 3 N–H and O–H groups in total. The maximum atomic E-state index is 11.6. The smallest absolute Gasteiger partial charge is 0.407 e. The number of methoxy groups -OCH3 is 1. The molecule has 0 bridgehead atoms. The third-order valence-electron chi connectivity index (χ3n) is 2.45. The van der Waals surface area contributed by atoms with Gasteiger partial charge >= 0.3 is 6.09 Å². The highest BCUT2D eigenvalue weighted by Crippen LogP contribution is 2.17. The van der Waals surface area contributed by atoms with Gasteiger partial charge in [-0.15, -0.1) is 0 Å². The highest BCUT2D eigenvalue weighted by atomic mass is 16.6. The third kappa shape index (κ3) is 5.44. The molecule has 0 aliphatic carbocycles. The van der Waals surface area contributed by atoms with Crippen molar-refractivity contribution in [3.8, 4) is 5.88 Å². The number of hydrogen-bond acceptors (Lipinski definition) is 5. The molecular weight excluding hydrogens is 258 g/mol. The van der Waals surface area contributed by atoms with Crippen LogP contribution in [0.4, 0.5) is 4.79 Å². The van der Waals surface area contributed by atoms with Crippen molar-refractivity contribution in [2.24, 2.45) is 5.73 Å². The molecule has 0 fully saturated rings. The molecule has 1 atom stereocenters. The molecule has 0 radical (unpaired) electrons. The first-order chi connectivity index (χ1) is 9.21. The van der Waals surface area contributed by atoms with Gasteiger partial charge in [0.2, 0.25) is 5.88 Å². The highest BCUT2D eigenvalue weighted by Gasteiger charge is 2.17. The van der Waals surface area contributed by atoms with Gasteiger partial charge in [0.25, 0.3) is 0 Å². The van der Waals surface area contributed by atoms with Crippen LogP contribution in [0.3, 0.4) is 0 Å². The number of rotatable bonds is 4. The molecule has 0 aliphatic heterocycles. The minimum absolute atomic E-state index is 0.279. The molecule has 0 aliphatic rings. The van der Waals surface area contributed by atoms with Gasteiger partial charge in [-0.2, -0.15) is 0 Å². The van der Waals surface area contributed by atoms with Crippen molar-refractivity contribution >= 4 is 6.09 Å². The van der Waals surface area contributed by atoms with Gasteiger partial charge in [-0.1, -0.05) is 0 Å². The molecule has 1 amide bonds. The first kappa shape index (κ1) is 16.2. The van der Waals surface area contributed by atoms with Gasteiger partial charge in [-0.3, -0.25) is 0 Å². The van der Waals surface area contributed by atoms with E-state index in [9.17, 15) is 4.79 Å². The molecule has 6 heteroatoms. The normalized spacial score (nSPS) is 12.7. The molecule has 1 unspecified atom stereocenters. The van der Waals surface area contributed by atoms with E-state index in [1.165, 1.54) is 0 Å². The molecule has 0 saturated carbocycles. The van der Waals surface area contributed by atoms with E-state index in [1.54, 1.807) is 13.2 Å². The van der Waals surface area contributed by atoms with E-state index >= 15 is 0 Å². The van der Waals surface area contributed by atoms with Gasteiger partial charge in [-0.05, 0) is 39.3 Å². The van der Waals surface area contributed by atoms with E-state index in [4.69, 9.17) is 15.2 Å². The van der Waals surface area contributed by atoms with Crippen LogP contribution in [0, 0.1) is 6.92 Å². The van der Waals surface area contributed by atoms with Crippen molar-refractivity contribution in [2.75, 3.05) is 13.7 Å². The van der Waals surface area contributed by atoms with Gasteiger partial charge in [0.15, 0.2) is 0 Å². The fourth-order valence-corrected chi connectivity index (χ4v) is 1.61. The van der Waals surface area contributed by atoms with E-state index in [0.29, 0.717) is 5.88 Å². The molecular formula is C14H23N3O3. The standard InChI is InChI=1S/C14H23N3O3/c1-9-6-10(7-12(17-9)19-5)11(15)8-16-13(18)20-14(2,3)4/h6-7,11H,8,15H2,1-5H3,(H,16,18). The van der Waals surface area contributed by atoms with E-state index < -0.39 is 11.7 Å². The molecule has 1 heterocycles. The van der Waals surface area contributed by atoms with Crippen LogP contribution in [0.15, 0.2) is 12.1 Å². The Morgan fingerprint density at radius 2 is 2.10 bits per heavy atom. The lowest BCUT2D eigenvalue weighted by Gasteiger charge is -2.21. The topological polar surface area (TPSA) is 86.5 Å². The molecule has 0 saturated heterocycles. The summed E-state index contributed by atoms with van der Waals surface area (Å²) >= 11 is 0. The number of nitrogens with two attached hydrogens (primary N) is 1. The zero-order valence-electron chi connectivity index (χ0n) is 12.7. The van der Waals surface area contributed by atoms with E-state index in [2.05, 4.69) is 10.3 Å². The summed E-state index contributed by atoms with van der Waals surface area (Å²) in [6.07, 6.45) is -0.481. The van der Waals surface area contributed by atoms with Crippen LogP contribution in [0.1, 0.15) is 38.1 Å². The van der Waals surface area contributed by atoms with Crippen LogP contribution >= 0.6 is 0 Å². The summed E-state index contributed by atoms with van der Waals surface area (Å²) in [4.78, 5) is 15.7. The predicted octanol–water partition coefficient (Wildman–Crippen LogP) is 1.92. The number of alkyl carbamates (subject to hydrolysis) is 1. The zero-order valence-corrected chi connectivity index (χ0v) is 12.7. The Hall–Kier alpha value is -1.82. The number of aryl methyl sites for hydroxylation is 1. The van der Waals surface area contributed by atoms with Crippen molar-refractivity contribution in [3.63, 3.8) is 0 Å². The van der Waals surface area contributed by atoms with E-state index in [-0.39, 0.29) is 12.6 Å². The largest absolute Gasteiger partial charge is 0.481 e. The van der Waals surface area contributed by atoms with Crippen molar-refractivity contribution in [2.45, 2.75) is 39.3 Å². The second-order valence-corrected chi connectivity index (χ2v) is 5.57. The van der Waals surface area contributed by atoms with Gasteiger partial charge in [0.05, 0.1) is 7.11 Å². The minimum Gasteiger partial charge on any atom is -0.481 e. The molecule has 0 aromatic carbocycles. The second kappa shape index (κ2) is 6.56. The Kier molecular flexibility index (Phi) is 5.33. The van der Waals surface area contributed by atoms with Crippen LogP contribution in [-0.2, 0) is 4.74 Å². The molecule has 112 valence electrons. The number of carbonyl (C=O) groups is 1. The summed E-state index contributed by atoms with van der Waals surface area (Å²) in [7, 11) is 1.55. The molecule has 6 nitrogen and oxygen atoms in total. The Bertz CT molecular complexity index is 469. The summed E-state index contributed by atoms with van der Waals surface area (Å²) < 4.78 is 10.2. The quantitative estimate of drug-likeness (QED) is 0.880. The fourth-order valence-electron chi connectivity index (χ4n) is 1.61. The summed E-state index contributed by atoms with van der Waals surface area (Å²) in [5.74, 6) is 0.507. The number of ether oxygens (including phenoxy) is 2. The third-order valence-corrected chi connectivity index (χ3v) is 2.45. The Morgan fingerprint density at radius 3 is 2.65 bits per heavy atom. The summed E-state index contributed by atoms with van der Waals surface area (Å²) in [5, 5.41) is 2.65. The SMILES string of the molecule is COc1cc(C(N)CNC(=O)OC(C)(C)C)cc(C)n1. The van der Waals surface area contributed by atoms with E-state index in [1.807, 2.05) is 33.8 Å². The number of carbonyl (C=O) groups excluding carboxylic acids is 1. The number of nitrogens with one attached hydrogen (secondary N) is 1.